The molecule has 1 aliphatic rings. The summed E-state index contributed by atoms with van der Waals surface area (Å²) in [6, 6.07) is 4.21. The molecule has 2 N–H and O–H groups in total. The van der Waals surface area contributed by atoms with Crippen molar-refractivity contribution >= 4 is 38.5 Å². The molecule has 7 nitrogen and oxygen atoms in total. The fourth-order valence-electron chi connectivity index (χ4n) is 1.87. The number of hydrogen-bond acceptors (Lipinski definition) is 7. The van der Waals surface area contributed by atoms with Crippen LogP contribution in [0.2, 0.25) is 0 Å². The number of hydrogen-bond donors (Lipinski definition) is 2. The summed E-state index contributed by atoms with van der Waals surface area (Å²) in [7, 11) is -5.26. The monoisotopic (exact) mass is 306 g/mol. The first-order valence-corrected chi connectivity index (χ1v) is 8.62. The number of rotatable bonds is 3. The van der Waals surface area contributed by atoms with Crippen molar-refractivity contribution in [2.24, 2.45) is 0 Å². The molecule has 0 fully saturated rings. The summed E-state index contributed by atoms with van der Waals surface area (Å²) in [4.78, 5) is 10.7. The molecule has 0 amide bonds. The van der Waals surface area contributed by atoms with Gasteiger partial charge in [0.15, 0.2) is 9.84 Å². The van der Waals surface area contributed by atoms with E-state index in [9.17, 15) is 22.3 Å². The predicted octanol–water partition coefficient (Wildman–Crippen LogP) is 1.13. The van der Waals surface area contributed by atoms with E-state index in [0.717, 1.165) is 10.6 Å². The quantitative estimate of drug-likeness (QED) is 0.808. The van der Waals surface area contributed by atoms with Crippen molar-refractivity contribution in [3.8, 4) is 0 Å². The molecule has 2 rings (SSSR count). The number of carbonyl (C=O) groups excluding carboxylic acids is 1. The third-order valence-electron chi connectivity index (χ3n) is 2.89. The number of carbonyl (C=O) groups is 1. The summed E-state index contributed by atoms with van der Waals surface area (Å²) in [5, 5.41) is 0. The van der Waals surface area contributed by atoms with Crippen molar-refractivity contribution < 1.29 is 22.3 Å². The minimum absolute atomic E-state index is 0.0845. The summed E-state index contributed by atoms with van der Waals surface area (Å²) >= 11 is 0. The highest BCUT2D eigenvalue weighted by Gasteiger charge is 2.38. The van der Waals surface area contributed by atoms with E-state index in [0.29, 0.717) is 17.7 Å². The van der Waals surface area contributed by atoms with Gasteiger partial charge in [0, 0.05) is 13.3 Å². The SMILES string of the molecule is CN1c2cc(S(C)(=O)=O)ccc2N(CC=O)S1(O)O. The Bertz CT molecular complexity index is 629. The van der Waals surface area contributed by atoms with E-state index in [1.165, 1.54) is 29.6 Å². The standard InChI is InChI=1S/C10H14N2O5S2/c1-11-10-7-8(18(2,14)15)3-4-9(10)12(5-6-13)19(11,16)17/h3-4,6-7,16-17H,5H2,1-2H3. The Morgan fingerprint density at radius 3 is 2.47 bits per heavy atom. The van der Waals surface area contributed by atoms with Crippen LogP contribution in [0.15, 0.2) is 23.1 Å². The van der Waals surface area contributed by atoms with Crippen LogP contribution in [-0.2, 0) is 14.6 Å². The molecule has 0 aliphatic carbocycles. The van der Waals surface area contributed by atoms with E-state index in [1.54, 1.807) is 0 Å². The molecule has 106 valence electrons. The lowest BCUT2D eigenvalue weighted by Crippen LogP contribution is -2.32. The molecule has 0 unspecified atom stereocenters. The van der Waals surface area contributed by atoms with Gasteiger partial charge in [-0.3, -0.25) is 13.4 Å². The fraction of sp³-hybridized carbons (Fsp3) is 0.300. The molecule has 0 saturated carbocycles. The Labute approximate surface area is 113 Å². The molecule has 9 heteroatoms. The zero-order chi connectivity index (χ0) is 14.4. The van der Waals surface area contributed by atoms with Crippen LogP contribution in [0.4, 0.5) is 11.4 Å². The van der Waals surface area contributed by atoms with E-state index >= 15 is 0 Å². The first-order valence-electron chi connectivity index (χ1n) is 5.27. The van der Waals surface area contributed by atoms with Gasteiger partial charge in [0.1, 0.15) is 6.29 Å². The zero-order valence-electron chi connectivity index (χ0n) is 10.3. The van der Waals surface area contributed by atoms with Crippen LogP contribution >= 0.6 is 11.0 Å². The van der Waals surface area contributed by atoms with Crippen LogP contribution in [0.3, 0.4) is 0 Å². The van der Waals surface area contributed by atoms with Gasteiger partial charge >= 0.3 is 0 Å². The average molecular weight is 306 g/mol. The normalized spacial score (nSPS) is 19.2. The second-order valence-electron chi connectivity index (χ2n) is 4.14. The molecule has 0 radical (unpaired) electrons. The van der Waals surface area contributed by atoms with E-state index < -0.39 is 20.8 Å². The Hall–Kier alpha value is -1.29. The number of anilines is 2. The highest BCUT2D eigenvalue weighted by Crippen LogP contribution is 2.60. The van der Waals surface area contributed by atoms with Crippen molar-refractivity contribution in [1.82, 2.24) is 0 Å². The lowest BCUT2D eigenvalue weighted by molar-refractivity contribution is -0.106. The summed E-state index contributed by atoms with van der Waals surface area (Å²) in [5.74, 6) is 0. The Morgan fingerprint density at radius 1 is 1.32 bits per heavy atom. The van der Waals surface area contributed by atoms with Crippen LogP contribution in [0, 0.1) is 0 Å². The van der Waals surface area contributed by atoms with Crippen LogP contribution < -0.4 is 8.61 Å². The lowest BCUT2D eigenvalue weighted by atomic mass is 10.2. The maximum atomic E-state index is 11.5. The Balaban J connectivity index is 2.60. The van der Waals surface area contributed by atoms with Gasteiger partial charge in [0.2, 0.25) is 0 Å². The van der Waals surface area contributed by atoms with Crippen LogP contribution in [0.1, 0.15) is 0 Å². The third-order valence-corrected chi connectivity index (χ3v) is 5.87. The lowest BCUT2D eigenvalue weighted by Gasteiger charge is -2.41. The van der Waals surface area contributed by atoms with Gasteiger partial charge in [-0.15, -0.1) is 0 Å². The van der Waals surface area contributed by atoms with Crippen molar-refractivity contribution in [3.63, 3.8) is 0 Å². The van der Waals surface area contributed by atoms with E-state index in [1.807, 2.05) is 0 Å². The third kappa shape index (κ3) is 2.18. The molecule has 0 atom stereocenters. The minimum Gasteiger partial charge on any atom is -0.301 e. The first kappa shape index (κ1) is 14.1. The molecule has 0 saturated heterocycles. The number of benzene rings is 1. The molecular formula is C10H14N2O5S2. The molecular weight excluding hydrogens is 292 g/mol. The molecule has 1 aliphatic heterocycles. The predicted molar refractivity (Wildman–Crippen MR) is 74.2 cm³/mol. The summed E-state index contributed by atoms with van der Waals surface area (Å²) in [6.45, 7) is -0.183. The van der Waals surface area contributed by atoms with Crippen LogP contribution in [-0.4, -0.2) is 43.7 Å². The van der Waals surface area contributed by atoms with Crippen LogP contribution in [0.25, 0.3) is 0 Å². The molecule has 1 aromatic rings. The Kier molecular flexibility index (Phi) is 3.25. The first-order chi connectivity index (χ1) is 8.69. The maximum Gasteiger partial charge on any atom is 0.175 e. The van der Waals surface area contributed by atoms with E-state index in [2.05, 4.69) is 0 Å². The largest absolute Gasteiger partial charge is 0.301 e. The number of nitrogens with zero attached hydrogens (tertiary/aromatic N) is 2. The smallest absolute Gasteiger partial charge is 0.175 e. The summed E-state index contributed by atoms with van der Waals surface area (Å²) < 4.78 is 45.4. The molecule has 0 bridgehead atoms. The molecule has 1 aromatic carbocycles. The van der Waals surface area contributed by atoms with Gasteiger partial charge in [-0.2, -0.15) is 0 Å². The number of aldehydes is 1. The van der Waals surface area contributed by atoms with Crippen molar-refractivity contribution in [2.75, 3.05) is 28.5 Å². The highest BCUT2D eigenvalue weighted by atomic mass is 32.3. The summed E-state index contributed by atoms with van der Waals surface area (Å²) in [6.07, 6.45) is 1.63. The summed E-state index contributed by atoms with van der Waals surface area (Å²) in [5.41, 5.74) is 0.784. The van der Waals surface area contributed by atoms with Crippen molar-refractivity contribution in [2.45, 2.75) is 4.90 Å². The second kappa shape index (κ2) is 4.37. The van der Waals surface area contributed by atoms with Crippen molar-refractivity contribution in [3.05, 3.63) is 18.2 Å². The topological polar surface area (TPSA) is 98.2 Å². The Morgan fingerprint density at radius 2 is 1.95 bits per heavy atom. The van der Waals surface area contributed by atoms with E-state index in [-0.39, 0.29) is 11.4 Å². The number of sulfone groups is 1. The maximum absolute atomic E-state index is 11.5. The fourth-order valence-corrected chi connectivity index (χ4v) is 3.90. The molecule has 0 aromatic heterocycles. The highest BCUT2D eigenvalue weighted by molar-refractivity contribution is 8.26. The number of fused-ring (bicyclic) bond motifs is 1. The molecule has 1 heterocycles. The second-order valence-corrected chi connectivity index (χ2v) is 8.12. The van der Waals surface area contributed by atoms with Gasteiger partial charge < -0.3 is 4.79 Å². The van der Waals surface area contributed by atoms with Gasteiger partial charge in [0.05, 0.1) is 22.8 Å². The zero-order valence-corrected chi connectivity index (χ0v) is 12.0. The van der Waals surface area contributed by atoms with E-state index in [4.69, 9.17) is 0 Å². The van der Waals surface area contributed by atoms with Gasteiger partial charge in [0.25, 0.3) is 0 Å². The van der Waals surface area contributed by atoms with Gasteiger partial charge in [-0.25, -0.2) is 12.7 Å². The van der Waals surface area contributed by atoms with Crippen molar-refractivity contribution in [1.29, 1.82) is 0 Å². The molecule has 19 heavy (non-hydrogen) atoms. The average Bonchev–Trinajstić information content (AvgIpc) is 2.50. The minimum atomic E-state index is -3.38. The molecule has 0 spiro atoms. The van der Waals surface area contributed by atoms with Gasteiger partial charge in [-0.05, 0) is 29.2 Å². The van der Waals surface area contributed by atoms with Crippen LogP contribution in [0.5, 0.6) is 0 Å². The van der Waals surface area contributed by atoms with Gasteiger partial charge in [-0.1, -0.05) is 0 Å².